The highest BCUT2D eigenvalue weighted by Crippen LogP contribution is 2.28. The molecule has 2 aromatic heterocycles. The van der Waals surface area contributed by atoms with Gasteiger partial charge in [0.2, 0.25) is 10.0 Å². The van der Waals surface area contributed by atoms with Gasteiger partial charge in [-0.25, -0.2) is 12.7 Å². The number of amides is 1. The third-order valence-electron chi connectivity index (χ3n) is 5.12. The van der Waals surface area contributed by atoms with E-state index in [9.17, 15) is 13.2 Å². The number of pyridine rings is 1. The first-order valence-corrected chi connectivity index (χ1v) is 10.4. The molecule has 2 aromatic rings. The number of aromatic nitrogens is 3. The van der Waals surface area contributed by atoms with Gasteiger partial charge in [0.05, 0.1) is 11.8 Å². The normalized spacial score (nSPS) is 22.2. The van der Waals surface area contributed by atoms with Gasteiger partial charge in [-0.1, -0.05) is 0 Å². The predicted molar refractivity (Wildman–Crippen MR) is 91.9 cm³/mol. The van der Waals surface area contributed by atoms with Crippen LogP contribution in [0.2, 0.25) is 0 Å². The van der Waals surface area contributed by atoms with E-state index in [1.165, 1.54) is 10.6 Å². The molecule has 25 heavy (non-hydrogen) atoms. The smallest absolute Gasteiger partial charge is 0.252 e. The molecule has 0 radical (unpaired) electrons. The van der Waals surface area contributed by atoms with Gasteiger partial charge in [-0.15, -0.1) is 10.2 Å². The molecule has 1 amide bonds. The van der Waals surface area contributed by atoms with E-state index in [1.54, 1.807) is 18.3 Å². The van der Waals surface area contributed by atoms with Crippen LogP contribution in [-0.4, -0.2) is 58.6 Å². The lowest BCUT2D eigenvalue weighted by atomic mass is 9.93. The molecule has 0 unspecified atom stereocenters. The number of rotatable bonds is 4. The van der Waals surface area contributed by atoms with Crippen LogP contribution in [0.3, 0.4) is 0 Å². The fourth-order valence-corrected chi connectivity index (χ4v) is 4.27. The maximum absolute atomic E-state index is 12.4. The molecule has 0 bridgehead atoms. The zero-order valence-electron chi connectivity index (χ0n) is 14.1. The second kappa shape index (κ2) is 6.06. The van der Waals surface area contributed by atoms with Crippen LogP contribution in [0.5, 0.6) is 0 Å². The monoisotopic (exact) mass is 363 g/mol. The van der Waals surface area contributed by atoms with Crippen LogP contribution < -0.4 is 5.32 Å². The van der Waals surface area contributed by atoms with Crippen LogP contribution in [0.4, 0.5) is 0 Å². The molecular weight excluding hydrogens is 342 g/mol. The molecule has 2 aliphatic rings. The lowest BCUT2D eigenvalue weighted by molar-refractivity contribution is 0.0916. The van der Waals surface area contributed by atoms with Crippen molar-refractivity contribution in [3.8, 4) is 0 Å². The van der Waals surface area contributed by atoms with Crippen molar-refractivity contribution in [2.45, 2.75) is 37.6 Å². The van der Waals surface area contributed by atoms with E-state index in [1.807, 2.05) is 4.40 Å². The fraction of sp³-hybridized carbons (Fsp3) is 0.562. The summed E-state index contributed by atoms with van der Waals surface area (Å²) in [5.74, 6) is 0.601. The number of sulfonamides is 1. The zero-order valence-corrected chi connectivity index (χ0v) is 14.9. The van der Waals surface area contributed by atoms with Crippen molar-refractivity contribution >= 4 is 21.6 Å². The van der Waals surface area contributed by atoms with E-state index in [0.717, 1.165) is 19.3 Å². The Morgan fingerprint density at radius 3 is 2.68 bits per heavy atom. The molecule has 3 heterocycles. The molecule has 1 saturated carbocycles. The minimum absolute atomic E-state index is 0.0188. The lowest BCUT2D eigenvalue weighted by Gasteiger charge is -2.26. The highest BCUT2D eigenvalue weighted by Gasteiger charge is 2.32. The third-order valence-corrected chi connectivity index (χ3v) is 6.39. The van der Waals surface area contributed by atoms with Crippen molar-refractivity contribution in [2.75, 3.05) is 19.3 Å². The Kier molecular flexibility index (Phi) is 3.99. The van der Waals surface area contributed by atoms with Gasteiger partial charge < -0.3 is 5.32 Å². The summed E-state index contributed by atoms with van der Waals surface area (Å²) in [6, 6.07) is 3.80. The molecule has 9 heteroatoms. The van der Waals surface area contributed by atoms with Crippen LogP contribution >= 0.6 is 0 Å². The number of carbonyl (C=O) groups is 1. The molecular formula is C16H21N5O3S. The Morgan fingerprint density at radius 2 is 2.04 bits per heavy atom. The van der Waals surface area contributed by atoms with Crippen molar-refractivity contribution < 1.29 is 13.2 Å². The Labute approximate surface area is 146 Å². The average Bonchev–Trinajstić information content (AvgIpc) is 3.15. The van der Waals surface area contributed by atoms with Crippen LogP contribution in [0, 0.1) is 0 Å². The minimum atomic E-state index is -3.20. The van der Waals surface area contributed by atoms with E-state index in [4.69, 9.17) is 0 Å². The number of hydrogen-bond donors (Lipinski definition) is 1. The van der Waals surface area contributed by atoms with E-state index < -0.39 is 10.0 Å². The number of nitrogens with zero attached hydrogens (tertiary/aromatic N) is 4. The van der Waals surface area contributed by atoms with Gasteiger partial charge in [0.15, 0.2) is 5.65 Å². The Bertz CT molecular complexity index is 919. The Hall–Kier alpha value is -2.00. The summed E-state index contributed by atoms with van der Waals surface area (Å²) in [5, 5.41) is 11.4. The van der Waals surface area contributed by atoms with Crippen LogP contribution in [-0.2, 0) is 10.0 Å². The van der Waals surface area contributed by atoms with Crippen LogP contribution in [0.1, 0.15) is 47.8 Å². The maximum atomic E-state index is 12.4. The summed E-state index contributed by atoms with van der Waals surface area (Å²) >= 11 is 0. The van der Waals surface area contributed by atoms with Crippen molar-refractivity contribution in [1.82, 2.24) is 24.2 Å². The molecule has 0 aromatic carbocycles. The highest BCUT2D eigenvalue weighted by molar-refractivity contribution is 7.88. The van der Waals surface area contributed by atoms with E-state index in [2.05, 4.69) is 15.5 Å². The van der Waals surface area contributed by atoms with Crippen LogP contribution in [0.25, 0.3) is 5.65 Å². The fourth-order valence-electron chi connectivity index (χ4n) is 3.38. The summed E-state index contributed by atoms with van der Waals surface area (Å²) < 4.78 is 26.7. The van der Waals surface area contributed by atoms with Gasteiger partial charge >= 0.3 is 0 Å². The second-order valence-corrected chi connectivity index (χ2v) is 8.89. The zero-order chi connectivity index (χ0) is 17.6. The van der Waals surface area contributed by atoms with Crippen molar-refractivity contribution in [2.24, 2.45) is 0 Å². The third kappa shape index (κ3) is 3.13. The van der Waals surface area contributed by atoms with E-state index in [-0.39, 0.29) is 17.9 Å². The second-order valence-electron chi connectivity index (χ2n) is 6.91. The molecule has 2 fully saturated rings. The minimum Gasteiger partial charge on any atom is -0.349 e. The number of carbonyl (C=O) groups excluding carboxylic acids is 1. The van der Waals surface area contributed by atoms with Crippen LogP contribution in [0.15, 0.2) is 18.3 Å². The molecule has 1 saturated heterocycles. The summed E-state index contributed by atoms with van der Waals surface area (Å²) in [7, 11) is -3.20. The first-order chi connectivity index (χ1) is 11.9. The van der Waals surface area contributed by atoms with Gasteiger partial charge in [0.1, 0.15) is 5.82 Å². The van der Waals surface area contributed by atoms with Crippen molar-refractivity contribution in [3.63, 3.8) is 0 Å². The quantitative estimate of drug-likeness (QED) is 0.865. The van der Waals surface area contributed by atoms with Gasteiger partial charge in [-0.2, -0.15) is 0 Å². The molecule has 1 aliphatic heterocycles. The molecule has 1 N–H and O–H groups in total. The summed E-state index contributed by atoms with van der Waals surface area (Å²) in [4.78, 5) is 12.4. The molecule has 134 valence electrons. The van der Waals surface area contributed by atoms with Gasteiger partial charge in [0, 0.05) is 31.2 Å². The number of fused-ring (bicyclic) bond motifs is 1. The first-order valence-electron chi connectivity index (χ1n) is 8.52. The van der Waals surface area contributed by atoms with Crippen molar-refractivity contribution in [3.05, 3.63) is 29.7 Å². The lowest BCUT2D eigenvalue weighted by Crippen LogP contribution is -2.39. The van der Waals surface area contributed by atoms with Gasteiger partial charge in [-0.05, 0) is 37.8 Å². The summed E-state index contributed by atoms with van der Waals surface area (Å²) in [6.07, 6.45) is 6.91. The van der Waals surface area contributed by atoms with Crippen molar-refractivity contribution in [1.29, 1.82) is 0 Å². The van der Waals surface area contributed by atoms with E-state index >= 15 is 0 Å². The highest BCUT2D eigenvalue weighted by atomic mass is 32.2. The van der Waals surface area contributed by atoms with E-state index in [0.29, 0.717) is 36.5 Å². The number of hydrogen-bond acceptors (Lipinski definition) is 5. The summed E-state index contributed by atoms with van der Waals surface area (Å²) in [6.45, 7) is 0.887. The average molecular weight is 363 g/mol. The maximum Gasteiger partial charge on any atom is 0.252 e. The Morgan fingerprint density at radius 1 is 1.24 bits per heavy atom. The van der Waals surface area contributed by atoms with Gasteiger partial charge in [-0.3, -0.25) is 9.20 Å². The molecule has 4 rings (SSSR count). The molecule has 1 atom stereocenters. The Balaban J connectivity index is 1.60. The molecule has 1 aliphatic carbocycles. The predicted octanol–water partition coefficient (Wildman–Crippen LogP) is 0.760. The molecule has 0 spiro atoms. The first kappa shape index (κ1) is 16.5. The number of nitrogens with one attached hydrogen (secondary N) is 1. The summed E-state index contributed by atoms with van der Waals surface area (Å²) in [5.41, 5.74) is 1.23. The SMILES string of the molecule is CS(=O)(=O)N1CC[C@@H](c2nnc3ccc(C(=O)NC4CCC4)cn23)C1. The van der Waals surface area contributed by atoms with Gasteiger partial charge in [0.25, 0.3) is 5.91 Å². The standard InChI is InChI=1S/C16H21N5O3S/c1-25(23,24)20-8-7-11(9-20)15-19-18-14-6-5-12(10-21(14)15)16(22)17-13-3-2-4-13/h5-6,10-11,13H,2-4,7-9H2,1H3,(H,17,22)/t11-/m1/s1. The molecule has 8 nitrogen and oxygen atoms in total. The topological polar surface area (TPSA) is 96.7 Å². The largest absolute Gasteiger partial charge is 0.349 e.